The van der Waals surface area contributed by atoms with Crippen molar-refractivity contribution < 1.29 is 4.74 Å². The first-order valence-electron chi connectivity index (χ1n) is 6.99. The molecule has 1 heterocycles. The van der Waals surface area contributed by atoms with Crippen LogP contribution >= 0.6 is 0 Å². The number of nitrogens with two attached hydrogens (primary N) is 1. The third-order valence-corrected chi connectivity index (χ3v) is 3.75. The van der Waals surface area contributed by atoms with E-state index < -0.39 is 0 Å². The minimum atomic E-state index is -0.0987. The Morgan fingerprint density at radius 2 is 1.95 bits per heavy atom. The first-order chi connectivity index (χ1) is 10.3. The second-order valence-electron chi connectivity index (χ2n) is 5.06. The van der Waals surface area contributed by atoms with Gasteiger partial charge in [-0.15, -0.1) is 0 Å². The summed E-state index contributed by atoms with van der Waals surface area (Å²) in [6.45, 7) is 0. The highest BCUT2D eigenvalue weighted by atomic mass is 16.5. The Labute approximate surface area is 124 Å². The Morgan fingerprint density at radius 3 is 2.71 bits per heavy atom. The summed E-state index contributed by atoms with van der Waals surface area (Å²) in [5.74, 6) is 0.882. The maximum atomic E-state index is 6.35. The van der Waals surface area contributed by atoms with Gasteiger partial charge >= 0.3 is 0 Å². The lowest BCUT2D eigenvalue weighted by Crippen LogP contribution is -2.14. The number of rotatable bonds is 4. The largest absolute Gasteiger partial charge is 0.496 e. The fourth-order valence-electron chi connectivity index (χ4n) is 2.65. The molecule has 0 radical (unpaired) electrons. The summed E-state index contributed by atoms with van der Waals surface area (Å²) in [4.78, 5) is 4.14. The number of pyridine rings is 1. The first-order valence-corrected chi connectivity index (χ1v) is 6.99. The molecular weight excluding hydrogens is 260 g/mol. The minimum Gasteiger partial charge on any atom is -0.496 e. The summed E-state index contributed by atoms with van der Waals surface area (Å²) in [6, 6.07) is 16.2. The Morgan fingerprint density at radius 1 is 1.10 bits per heavy atom. The van der Waals surface area contributed by atoms with Crippen molar-refractivity contribution in [1.29, 1.82) is 0 Å². The van der Waals surface area contributed by atoms with Crippen molar-refractivity contribution in [3.8, 4) is 5.75 Å². The molecule has 3 heteroatoms. The van der Waals surface area contributed by atoms with Gasteiger partial charge in [-0.3, -0.25) is 4.98 Å². The van der Waals surface area contributed by atoms with Crippen LogP contribution < -0.4 is 10.5 Å². The van der Waals surface area contributed by atoms with E-state index in [1.807, 2.05) is 36.5 Å². The maximum absolute atomic E-state index is 6.35. The van der Waals surface area contributed by atoms with E-state index in [-0.39, 0.29) is 6.04 Å². The molecule has 3 nitrogen and oxygen atoms in total. The van der Waals surface area contributed by atoms with E-state index in [1.165, 1.54) is 10.8 Å². The van der Waals surface area contributed by atoms with Crippen LogP contribution in [0.1, 0.15) is 17.2 Å². The number of nitrogens with zero attached hydrogens (tertiary/aromatic N) is 1. The third-order valence-electron chi connectivity index (χ3n) is 3.75. The number of hydrogen-bond donors (Lipinski definition) is 1. The molecule has 2 aromatic carbocycles. The second-order valence-corrected chi connectivity index (χ2v) is 5.06. The van der Waals surface area contributed by atoms with E-state index in [1.54, 1.807) is 13.3 Å². The number of benzene rings is 2. The molecular formula is C18H18N2O. The van der Waals surface area contributed by atoms with Gasteiger partial charge in [0.2, 0.25) is 0 Å². The van der Waals surface area contributed by atoms with Crippen LogP contribution in [0.2, 0.25) is 0 Å². The van der Waals surface area contributed by atoms with Crippen molar-refractivity contribution in [2.24, 2.45) is 5.73 Å². The average Bonchev–Trinajstić information content (AvgIpc) is 2.56. The Hall–Kier alpha value is -2.39. The van der Waals surface area contributed by atoms with Crippen molar-refractivity contribution in [2.45, 2.75) is 12.5 Å². The van der Waals surface area contributed by atoms with Gasteiger partial charge in [-0.05, 0) is 34.9 Å². The number of aromatic nitrogens is 1. The molecule has 0 aliphatic heterocycles. The predicted molar refractivity (Wildman–Crippen MR) is 85.4 cm³/mol. The van der Waals surface area contributed by atoms with Gasteiger partial charge in [0.25, 0.3) is 0 Å². The molecule has 0 aliphatic rings. The van der Waals surface area contributed by atoms with E-state index in [0.29, 0.717) is 0 Å². The third kappa shape index (κ3) is 2.73. The molecule has 106 valence electrons. The van der Waals surface area contributed by atoms with Crippen LogP contribution in [0.5, 0.6) is 5.75 Å². The van der Waals surface area contributed by atoms with Crippen molar-refractivity contribution in [3.63, 3.8) is 0 Å². The van der Waals surface area contributed by atoms with Crippen molar-refractivity contribution in [1.82, 2.24) is 4.98 Å². The average molecular weight is 278 g/mol. The summed E-state index contributed by atoms with van der Waals surface area (Å²) >= 11 is 0. The van der Waals surface area contributed by atoms with Crippen LogP contribution in [0.15, 0.2) is 60.9 Å². The zero-order chi connectivity index (χ0) is 14.7. The summed E-state index contributed by atoms with van der Waals surface area (Å²) in [6.07, 6.45) is 4.30. The van der Waals surface area contributed by atoms with Crippen LogP contribution in [-0.4, -0.2) is 12.1 Å². The van der Waals surface area contributed by atoms with Gasteiger partial charge in [0.05, 0.1) is 7.11 Å². The maximum Gasteiger partial charge on any atom is 0.122 e. The minimum absolute atomic E-state index is 0.0987. The highest BCUT2D eigenvalue weighted by Crippen LogP contribution is 2.31. The van der Waals surface area contributed by atoms with Gasteiger partial charge in [0.15, 0.2) is 0 Å². The van der Waals surface area contributed by atoms with Gasteiger partial charge in [-0.25, -0.2) is 0 Å². The molecule has 3 aromatic rings. The predicted octanol–water partition coefficient (Wildman–Crippen LogP) is 3.49. The molecule has 2 N–H and O–H groups in total. The van der Waals surface area contributed by atoms with Gasteiger partial charge < -0.3 is 10.5 Å². The number of methoxy groups -OCH3 is 1. The first kappa shape index (κ1) is 13.6. The molecule has 0 spiro atoms. The molecule has 0 aliphatic carbocycles. The fourth-order valence-corrected chi connectivity index (χ4v) is 2.65. The summed E-state index contributed by atoms with van der Waals surface area (Å²) in [5, 5.41) is 2.39. The Kier molecular flexibility index (Phi) is 3.84. The van der Waals surface area contributed by atoms with E-state index in [2.05, 4.69) is 23.2 Å². The SMILES string of the molecule is COc1ccc2ccccc2c1CC(N)c1cccnc1. The van der Waals surface area contributed by atoms with E-state index in [0.717, 1.165) is 23.3 Å². The molecule has 1 aromatic heterocycles. The normalized spacial score (nSPS) is 12.3. The standard InChI is InChI=1S/C18H18N2O/c1-21-18-9-8-13-5-2-3-7-15(13)16(18)11-17(19)14-6-4-10-20-12-14/h2-10,12,17H,11,19H2,1H3. The van der Waals surface area contributed by atoms with Crippen molar-refractivity contribution in [3.05, 3.63) is 72.1 Å². The van der Waals surface area contributed by atoms with Crippen LogP contribution in [0.3, 0.4) is 0 Å². The summed E-state index contributed by atoms with van der Waals surface area (Å²) in [5.41, 5.74) is 8.53. The van der Waals surface area contributed by atoms with Crippen LogP contribution in [0, 0.1) is 0 Å². The van der Waals surface area contributed by atoms with E-state index in [4.69, 9.17) is 10.5 Å². The van der Waals surface area contributed by atoms with E-state index >= 15 is 0 Å². The zero-order valence-electron chi connectivity index (χ0n) is 12.0. The number of hydrogen-bond acceptors (Lipinski definition) is 3. The quantitative estimate of drug-likeness (QED) is 0.794. The van der Waals surface area contributed by atoms with Crippen molar-refractivity contribution in [2.75, 3.05) is 7.11 Å². The molecule has 0 saturated heterocycles. The van der Waals surface area contributed by atoms with Gasteiger partial charge in [-0.1, -0.05) is 36.4 Å². The Bertz CT molecular complexity index is 741. The molecule has 3 rings (SSSR count). The lowest BCUT2D eigenvalue weighted by atomic mass is 9.95. The molecule has 0 bridgehead atoms. The smallest absolute Gasteiger partial charge is 0.122 e. The van der Waals surface area contributed by atoms with Crippen molar-refractivity contribution >= 4 is 10.8 Å². The summed E-state index contributed by atoms with van der Waals surface area (Å²) < 4.78 is 5.52. The molecule has 21 heavy (non-hydrogen) atoms. The Balaban J connectivity index is 2.03. The fraction of sp³-hybridized carbons (Fsp3) is 0.167. The topological polar surface area (TPSA) is 48.1 Å². The van der Waals surface area contributed by atoms with Crippen LogP contribution in [-0.2, 0) is 6.42 Å². The molecule has 0 fully saturated rings. The zero-order valence-corrected chi connectivity index (χ0v) is 12.0. The van der Waals surface area contributed by atoms with Gasteiger partial charge in [0.1, 0.15) is 5.75 Å². The van der Waals surface area contributed by atoms with Crippen LogP contribution in [0.25, 0.3) is 10.8 Å². The molecule has 1 unspecified atom stereocenters. The lowest BCUT2D eigenvalue weighted by Gasteiger charge is -2.16. The highest BCUT2D eigenvalue weighted by Gasteiger charge is 2.13. The number of fused-ring (bicyclic) bond motifs is 1. The number of ether oxygens (including phenoxy) is 1. The summed E-state index contributed by atoms with van der Waals surface area (Å²) in [7, 11) is 1.70. The highest BCUT2D eigenvalue weighted by molar-refractivity contribution is 5.87. The lowest BCUT2D eigenvalue weighted by molar-refractivity contribution is 0.409. The van der Waals surface area contributed by atoms with Gasteiger partial charge in [-0.2, -0.15) is 0 Å². The van der Waals surface area contributed by atoms with E-state index in [9.17, 15) is 0 Å². The van der Waals surface area contributed by atoms with Gasteiger partial charge in [0, 0.05) is 24.0 Å². The molecule has 1 atom stereocenters. The molecule has 0 amide bonds. The molecule has 0 saturated carbocycles. The second kappa shape index (κ2) is 5.94. The monoisotopic (exact) mass is 278 g/mol. The van der Waals surface area contributed by atoms with Crippen LogP contribution in [0.4, 0.5) is 0 Å².